The first-order valence-corrected chi connectivity index (χ1v) is 6.14. The van der Waals surface area contributed by atoms with Gasteiger partial charge in [-0.1, -0.05) is 6.08 Å². The maximum atomic E-state index is 8.89. The molecule has 2 aliphatic rings. The zero-order chi connectivity index (χ0) is 11.7. The molecule has 0 saturated carbocycles. The Morgan fingerprint density at radius 3 is 3.18 bits per heavy atom. The number of hydrogen-bond acceptors (Lipinski definition) is 3. The van der Waals surface area contributed by atoms with Crippen molar-refractivity contribution in [3.63, 3.8) is 0 Å². The van der Waals surface area contributed by atoms with Crippen molar-refractivity contribution in [1.82, 2.24) is 10.3 Å². The van der Waals surface area contributed by atoms with Gasteiger partial charge in [0.15, 0.2) is 0 Å². The molecule has 1 fully saturated rings. The second kappa shape index (κ2) is 4.31. The third-order valence-electron chi connectivity index (χ3n) is 3.81. The molecule has 0 radical (unpaired) electrons. The van der Waals surface area contributed by atoms with Crippen molar-refractivity contribution >= 4 is 5.57 Å². The predicted molar refractivity (Wildman–Crippen MR) is 66.0 cm³/mol. The van der Waals surface area contributed by atoms with Crippen molar-refractivity contribution in [2.24, 2.45) is 11.8 Å². The van der Waals surface area contributed by atoms with Crippen molar-refractivity contribution < 1.29 is 0 Å². The van der Waals surface area contributed by atoms with E-state index in [4.69, 9.17) is 5.26 Å². The van der Waals surface area contributed by atoms with Gasteiger partial charge in [-0.2, -0.15) is 5.26 Å². The highest BCUT2D eigenvalue weighted by atomic mass is 14.9. The SMILES string of the molecule is N#Cc1cncc(C2=CC3CNCCC3C2)c1. The Hall–Kier alpha value is -1.66. The molecule has 1 N–H and O–H groups in total. The Kier molecular flexibility index (Phi) is 2.66. The summed E-state index contributed by atoms with van der Waals surface area (Å²) in [5.41, 5.74) is 3.14. The molecule has 1 aromatic heterocycles. The van der Waals surface area contributed by atoms with Crippen molar-refractivity contribution in [3.8, 4) is 6.07 Å². The molecule has 17 heavy (non-hydrogen) atoms. The van der Waals surface area contributed by atoms with Gasteiger partial charge >= 0.3 is 0 Å². The van der Waals surface area contributed by atoms with Gasteiger partial charge in [0.25, 0.3) is 0 Å². The Bertz CT molecular complexity index is 498. The highest BCUT2D eigenvalue weighted by molar-refractivity contribution is 5.68. The molecule has 1 saturated heterocycles. The summed E-state index contributed by atoms with van der Waals surface area (Å²) < 4.78 is 0. The van der Waals surface area contributed by atoms with E-state index >= 15 is 0 Å². The molecule has 1 aliphatic heterocycles. The van der Waals surface area contributed by atoms with E-state index in [9.17, 15) is 0 Å². The number of nitrogens with zero attached hydrogens (tertiary/aromatic N) is 2. The molecule has 2 atom stereocenters. The van der Waals surface area contributed by atoms with Crippen LogP contribution in [0.5, 0.6) is 0 Å². The topological polar surface area (TPSA) is 48.7 Å². The zero-order valence-corrected chi connectivity index (χ0v) is 9.69. The lowest BCUT2D eigenvalue weighted by Crippen LogP contribution is -2.33. The Morgan fingerprint density at radius 2 is 2.35 bits per heavy atom. The second-order valence-corrected chi connectivity index (χ2v) is 4.89. The quantitative estimate of drug-likeness (QED) is 0.795. The van der Waals surface area contributed by atoms with E-state index < -0.39 is 0 Å². The summed E-state index contributed by atoms with van der Waals surface area (Å²) in [4.78, 5) is 4.14. The van der Waals surface area contributed by atoms with E-state index in [-0.39, 0.29) is 0 Å². The van der Waals surface area contributed by atoms with Gasteiger partial charge in [-0.05, 0) is 48.4 Å². The fourth-order valence-corrected chi connectivity index (χ4v) is 2.89. The van der Waals surface area contributed by atoms with Gasteiger partial charge in [0.1, 0.15) is 6.07 Å². The molecule has 2 heterocycles. The molecule has 0 spiro atoms. The fraction of sp³-hybridized carbons (Fsp3) is 0.429. The van der Waals surface area contributed by atoms with Crippen LogP contribution in [0.25, 0.3) is 5.57 Å². The molecule has 86 valence electrons. The van der Waals surface area contributed by atoms with Crippen LogP contribution in [-0.4, -0.2) is 18.1 Å². The first kappa shape index (κ1) is 10.5. The van der Waals surface area contributed by atoms with Crippen molar-refractivity contribution in [3.05, 3.63) is 35.7 Å². The molecule has 2 unspecified atom stereocenters. The first-order valence-electron chi connectivity index (χ1n) is 6.14. The second-order valence-electron chi connectivity index (χ2n) is 4.89. The average molecular weight is 225 g/mol. The normalized spacial score (nSPS) is 27.1. The van der Waals surface area contributed by atoms with Crippen LogP contribution in [0.3, 0.4) is 0 Å². The smallest absolute Gasteiger partial charge is 0.101 e. The number of allylic oxidation sites excluding steroid dienone is 1. The number of nitrogens with one attached hydrogen (secondary N) is 1. The summed E-state index contributed by atoms with van der Waals surface area (Å²) >= 11 is 0. The summed E-state index contributed by atoms with van der Waals surface area (Å²) in [6, 6.07) is 4.10. The van der Waals surface area contributed by atoms with E-state index in [2.05, 4.69) is 22.4 Å². The highest BCUT2D eigenvalue weighted by Gasteiger charge is 2.30. The molecule has 0 bridgehead atoms. The number of rotatable bonds is 1. The van der Waals surface area contributed by atoms with E-state index in [0.29, 0.717) is 11.5 Å². The van der Waals surface area contributed by atoms with E-state index in [1.807, 2.05) is 12.3 Å². The minimum absolute atomic E-state index is 0.649. The monoisotopic (exact) mass is 225 g/mol. The minimum atomic E-state index is 0.649. The van der Waals surface area contributed by atoms with Gasteiger partial charge in [-0.3, -0.25) is 4.98 Å². The van der Waals surface area contributed by atoms with Gasteiger partial charge in [0, 0.05) is 18.9 Å². The van der Waals surface area contributed by atoms with Gasteiger partial charge in [-0.25, -0.2) is 0 Å². The van der Waals surface area contributed by atoms with Crippen LogP contribution >= 0.6 is 0 Å². The molecular formula is C14H15N3. The van der Waals surface area contributed by atoms with Gasteiger partial charge in [0.2, 0.25) is 0 Å². The van der Waals surface area contributed by atoms with Crippen molar-refractivity contribution in [1.29, 1.82) is 5.26 Å². The van der Waals surface area contributed by atoms with Crippen LogP contribution in [0.2, 0.25) is 0 Å². The standard InChI is InChI=1S/C14H15N3/c15-6-10-3-13(9-17-7-10)12-4-11-1-2-16-8-14(11)5-12/h3,5,7,9,11,14,16H,1-2,4,8H2. The Labute approximate surface area is 101 Å². The highest BCUT2D eigenvalue weighted by Crippen LogP contribution is 2.39. The van der Waals surface area contributed by atoms with Gasteiger partial charge < -0.3 is 5.32 Å². The number of nitriles is 1. The average Bonchev–Trinajstić information content (AvgIpc) is 2.82. The molecular weight excluding hydrogens is 210 g/mol. The Balaban J connectivity index is 1.87. The van der Waals surface area contributed by atoms with Crippen LogP contribution in [0, 0.1) is 23.2 Å². The number of hydrogen-bond donors (Lipinski definition) is 1. The molecule has 3 heteroatoms. The summed E-state index contributed by atoms with van der Waals surface area (Å²) in [5.74, 6) is 1.46. The van der Waals surface area contributed by atoms with Crippen LogP contribution < -0.4 is 5.32 Å². The van der Waals surface area contributed by atoms with Crippen LogP contribution in [-0.2, 0) is 0 Å². The summed E-state index contributed by atoms with van der Waals surface area (Å²) in [6.07, 6.45) is 8.26. The van der Waals surface area contributed by atoms with Crippen molar-refractivity contribution in [2.75, 3.05) is 13.1 Å². The third kappa shape index (κ3) is 1.96. The molecule has 1 aliphatic carbocycles. The first-order chi connectivity index (χ1) is 8.36. The summed E-state index contributed by atoms with van der Waals surface area (Å²) in [7, 11) is 0. The summed E-state index contributed by atoms with van der Waals surface area (Å²) in [5, 5.41) is 12.3. The van der Waals surface area contributed by atoms with Gasteiger partial charge in [-0.15, -0.1) is 0 Å². The molecule has 1 aromatic rings. The predicted octanol–water partition coefficient (Wildman–Crippen LogP) is 1.97. The van der Waals surface area contributed by atoms with Crippen LogP contribution in [0.1, 0.15) is 24.0 Å². The zero-order valence-electron chi connectivity index (χ0n) is 9.69. The Morgan fingerprint density at radius 1 is 1.41 bits per heavy atom. The number of aromatic nitrogens is 1. The molecule has 0 amide bonds. The van der Waals surface area contributed by atoms with E-state index in [1.165, 1.54) is 12.0 Å². The summed E-state index contributed by atoms with van der Waals surface area (Å²) in [6.45, 7) is 2.23. The largest absolute Gasteiger partial charge is 0.316 e. The fourth-order valence-electron chi connectivity index (χ4n) is 2.89. The molecule has 3 rings (SSSR count). The van der Waals surface area contributed by atoms with Crippen LogP contribution in [0.4, 0.5) is 0 Å². The third-order valence-corrected chi connectivity index (χ3v) is 3.81. The molecule has 3 nitrogen and oxygen atoms in total. The van der Waals surface area contributed by atoms with Gasteiger partial charge in [0.05, 0.1) is 5.56 Å². The lowest BCUT2D eigenvalue weighted by Gasteiger charge is -2.25. The van der Waals surface area contributed by atoms with Crippen LogP contribution in [0.15, 0.2) is 24.5 Å². The number of pyridine rings is 1. The maximum absolute atomic E-state index is 8.89. The number of piperidine rings is 1. The minimum Gasteiger partial charge on any atom is -0.316 e. The van der Waals surface area contributed by atoms with Crippen molar-refractivity contribution in [2.45, 2.75) is 12.8 Å². The molecule has 0 aromatic carbocycles. The van der Waals surface area contributed by atoms with E-state index in [1.54, 1.807) is 6.20 Å². The maximum Gasteiger partial charge on any atom is 0.101 e. The number of fused-ring (bicyclic) bond motifs is 1. The lowest BCUT2D eigenvalue weighted by atomic mass is 9.89. The van der Waals surface area contributed by atoms with E-state index in [0.717, 1.165) is 31.0 Å². The lowest BCUT2D eigenvalue weighted by molar-refractivity contribution is 0.323.